The van der Waals surface area contributed by atoms with Crippen molar-refractivity contribution in [2.75, 3.05) is 26.3 Å². The SMILES string of the molecule is CC1CCC(C(=O)NCCCOCCN)CC1. The Balaban J connectivity index is 2.01. The van der Waals surface area contributed by atoms with E-state index in [4.69, 9.17) is 10.5 Å². The van der Waals surface area contributed by atoms with Crippen molar-refractivity contribution in [1.29, 1.82) is 0 Å². The van der Waals surface area contributed by atoms with Crippen LogP contribution in [0.4, 0.5) is 0 Å². The van der Waals surface area contributed by atoms with Gasteiger partial charge in [-0.15, -0.1) is 0 Å². The molecule has 1 saturated carbocycles. The molecule has 17 heavy (non-hydrogen) atoms. The summed E-state index contributed by atoms with van der Waals surface area (Å²) in [7, 11) is 0. The van der Waals surface area contributed by atoms with E-state index >= 15 is 0 Å². The molecule has 1 fully saturated rings. The second-order valence-corrected chi connectivity index (χ2v) is 5.00. The van der Waals surface area contributed by atoms with Crippen molar-refractivity contribution in [3.8, 4) is 0 Å². The third kappa shape index (κ3) is 6.03. The van der Waals surface area contributed by atoms with E-state index in [9.17, 15) is 4.79 Å². The lowest BCUT2D eigenvalue weighted by atomic mass is 9.82. The average Bonchev–Trinajstić information content (AvgIpc) is 2.34. The molecular formula is C13H26N2O2. The van der Waals surface area contributed by atoms with Crippen LogP contribution in [0.3, 0.4) is 0 Å². The van der Waals surface area contributed by atoms with Crippen LogP contribution in [0.15, 0.2) is 0 Å². The van der Waals surface area contributed by atoms with Crippen molar-refractivity contribution in [1.82, 2.24) is 5.32 Å². The van der Waals surface area contributed by atoms with Crippen molar-refractivity contribution in [3.05, 3.63) is 0 Å². The Bertz CT molecular complexity index is 213. The van der Waals surface area contributed by atoms with Crippen LogP contribution >= 0.6 is 0 Å². The highest BCUT2D eigenvalue weighted by atomic mass is 16.5. The van der Waals surface area contributed by atoms with Gasteiger partial charge in [-0.3, -0.25) is 4.79 Å². The summed E-state index contributed by atoms with van der Waals surface area (Å²) in [5.74, 6) is 1.27. The molecule has 1 amide bonds. The Morgan fingerprint density at radius 2 is 2.00 bits per heavy atom. The molecular weight excluding hydrogens is 216 g/mol. The van der Waals surface area contributed by atoms with Crippen molar-refractivity contribution in [3.63, 3.8) is 0 Å². The Morgan fingerprint density at radius 3 is 2.65 bits per heavy atom. The smallest absolute Gasteiger partial charge is 0.223 e. The maximum Gasteiger partial charge on any atom is 0.223 e. The molecule has 1 rings (SSSR count). The Hall–Kier alpha value is -0.610. The monoisotopic (exact) mass is 242 g/mol. The van der Waals surface area contributed by atoms with E-state index in [-0.39, 0.29) is 11.8 Å². The number of carbonyl (C=O) groups excluding carboxylic acids is 1. The second kappa shape index (κ2) is 8.48. The average molecular weight is 242 g/mol. The molecule has 0 radical (unpaired) electrons. The van der Waals surface area contributed by atoms with Gasteiger partial charge in [0.15, 0.2) is 0 Å². The quantitative estimate of drug-likeness (QED) is 0.661. The highest BCUT2D eigenvalue weighted by Gasteiger charge is 2.23. The van der Waals surface area contributed by atoms with Crippen LogP contribution in [0.1, 0.15) is 39.0 Å². The van der Waals surface area contributed by atoms with Gasteiger partial charge >= 0.3 is 0 Å². The van der Waals surface area contributed by atoms with Gasteiger partial charge in [0.25, 0.3) is 0 Å². The van der Waals surface area contributed by atoms with Gasteiger partial charge in [-0.2, -0.15) is 0 Å². The molecule has 0 aromatic heterocycles. The fourth-order valence-corrected chi connectivity index (χ4v) is 2.24. The molecule has 4 nitrogen and oxygen atoms in total. The van der Waals surface area contributed by atoms with Crippen molar-refractivity contribution in [2.45, 2.75) is 39.0 Å². The van der Waals surface area contributed by atoms with Gasteiger partial charge < -0.3 is 15.8 Å². The number of ether oxygens (including phenoxy) is 1. The number of amides is 1. The molecule has 0 aromatic carbocycles. The molecule has 3 N–H and O–H groups in total. The first-order valence-electron chi connectivity index (χ1n) is 6.79. The zero-order chi connectivity index (χ0) is 12.5. The summed E-state index contributed by atoms with van der Waals surface area (Å²) in [5, 5.41) is 2.99. The summed E-state index contributed by atoms with van der Waals surface area (Å²) in [4.78, 5) is 11.8. The predicted molar refractivity (Wildman–Crippen MR) is 68.6 cm³/mol. The number of rotatable bonds is 7. The van der Waals surface area contributed by atoms with E-state index < -0.39 is 0 Å². The minimum absolute atomic E-state index is 0.232. The topological polar surface area (TPSA) is 64.3 Å². The number of nitrogens with one attached hydrogen (secondary N) is 1. The zero-order valence-corrected chi connectivity index (χ0v) is 10.9. The Labute approximate surface area is 104 Å². The van der Waals surface area contributed by atoms with Crippen LogP contribution in [0.5, 0.6) is 0 Å². The maximum atomic E-state index is 11.8. The van der Waals surface area contributed by atoms with Crippen LogP contribution < -0.4 is 11.1 Å². The van der Waals surface area contributed by atoms with Gasteiger partial charge in [0.1, 0.15) is 0 Å². The number of nitrogens with two attached hydrogens (primary N) is 1. The van der Waals surface area contributed by atoms with Crippen molar-refractivity contribution in [2.24, 2.45) is 17.6 Å². The van der Waals surface area contributed by atoms with E-state index in [0.29, 0.717) is 19.8 Å². The maximum absolute atomic E-state index is 11.8. The van der Waals surface area contributed by atoms with E-state index in [0.717, 1.165) is 31.7 Å². The van der Waals surface area contributed by atoms with E-state index in [2.05, 4.69) is 12.2 Å². The van der Waals surface area contributed by atoms with E-state index in [1.807, 2.05) is 0 Å². The van der Waals surface area contributed by atoms with Crippen LogP contribution in [0.2, 0.25) is 0 Å². The minimum atomic E-state index is 0.232. The summed E-state index contributed by atoms with van der Waals surface area (Å²) in [6, 6.07) is 0. The summed E-state index contributed by atoms with van der Waals surface area (Å²) in [6.07, 6.45) is 5.36. The summed E-state index contributed by atoms with van der Waals surface area (Å²) >= 11 is 0. The van der Waals surface area contributed by atoms with Crippen molar-refractivity contribution < 1.29 is 9.53 Å². The summed E-state index contributed by atoms with van der Waals surface area (Å²) < 4.78 is 5.25. The summed E-state index contributed by atoms with van der Waals surface area (Å²) in [6.45, 7) is 4.83. The third-order valence-corrected chi connectivity index (χ3v) is 3.41. The molecule has 1 aliphatic carbocycles. The molecule has 0 saturated heterocycles. The molecule has 0 aliphatic heterocycles. The molecule has 100 valence electrons. The molecule has 0 spiro atoms. The molecule has 0 unspecified atom stereocenters. The van der Waals surface area contributed by atoms with E-state index in [1.54, 1.807) is 0 Å². The first-order valence-corrected chi connectivity index (χ1v) is 6.79. The molecule has 1 aliphatic rings. The van der Waals surface area contributed by atoms with Gasteiger partial charge in [-0.25, -0.2) is 0 Å². The van der Waals surface area contributed by atoms with Gasteiger partial charge in [0.2, 0.25) is 5.91 Å². The standard InChI is InChI=1S/C13H26N2O2/c1-11-3-5-12(6-4-11)13(16)15-8-2-9-17-10-7-14/h11-12H,2-10,14H2,1H3,(H,15,16). The molecule has 4 heteroatoms. The first-order chi connectivity index (χ1) is 8.24. The second-order valence-electron chi connectivity index (χ2n) is 5.00. The lowest BCUT2D eigenvalue weighted by Gasteiger charge is -2.25. The number of hydrogen-bond donors (Lipinski definition) is 2. The lowest BCUT2D eigenvalue weighted by molar-refractivity contribution is -0.126. The fourth-order valence-electron chi connectivity index (χ4n) is 2.24. The van der Waals surface area contributed by atoms with Gasteiger partial charge in [-0.1, -0.05) is 6.92 Å². The zero-order valence-electron chi connectivity index (χ0n) is 10.9. The van der Waals surface area contributed by atoms with Crippen LogP contribution in [-0.4, -0.2) is 32.2 Å². The van der Waals surface area contributed by atoms with Crippen LogP contribution in [-0.2, 0) is 9.53 Å². The third-order valence-electron chi connectivity index (χ3n) is 3.41. The predicted octanol–water partition coefficient (Wildman–Crippen LogP) is 1.29. The van der Waals surface area contributed by atoms with Gasteiger partial charge in [0.05, 0.1) is 6.61 Å². The molecule has 0 heterocycles. The van der Waals surface area contributed by atoms with Gasteiger partial charge in [-0.05, 0) is 38.0 Å². The number of hydrogen-bond acceptors (Lipinski definition) is 3. The first kappa shape index (κ1) is 14.5. The molecule has 0 bridgehead atoms. The Kier molecular flexibility index (Phi) is 7.21. The lowest BCUT2D eigenvalue weighted by Crippen LogP contribution is -2.33. The number of carbonyl (C=O) groups is 1. The van der Waals surface area contributed by atoms with Gasteiger partial charge in [0, 0.05) is 25.6 Å². The normalized spacial score (nSPS) is 24.6. The molecule has 0 aromatic rings. The largest absolute Gasteiger partial charge is 0.380 e. The summed E-state index contributed by atoms with van der Waals surface area (Å²) in [5.41, 5.74) is 5.31. The highest BCUT2D eigenvalue weighted by Crippen LogP contribution is 2.28. The highest BCUT2D eigenvalue weighted by molar-refractivity contribution is 5.78. The fraction of sp³-hybridized carbons (Fsp3) is 0.923. The van der Waals surface area contributed by atoms with Crippen LogP contribution in [0.25, 0.3) is 0 Å². The van der Waals surface area contributed by atoms with E-state index in [1.165, 1.54) is 12.8 Å². The minimum Gasteiger partial charge on any atom is -0.380 e. The Morgan fingerprint density at radius 1 is 1.29 bits per heavy atom. The van der Waals surface area contributed by atoms with Crippen molar-refractivity contribution >= 4 is 5.91 Å². The molecule has 0 atom stereocenters. The van der Waals surface area contributed by atoms with Crippen LogP contribution in [0, 0.1) is 11.8 Å².